The van der Waals surface area contributed by atoms with Crippen LogP contribution in [0.15, 0.2) is 48.5 Å². The van der Waals surface area contributed by atoms with Crippen LogP contribution in [0.4, 0.5) is 5.69 Å². The Morgan fingerprint density at radius 3 is 2.73 bits per heavy atom. The third kappa shape index (κ3) is 2.93. The largest absolute Gasteiger partial charge is 0.489 e. The van der Waals surface area contributed by atoms with Gasteiger partial charge in [0.2, 0.25) is 6.10 Å². The predicted octanol–water partition coefficient (Wildman–Crippen LogP) is 2.55. The van der Waals surface area contributed by atoms with Crippen molar-refractivity contribution in [3.63, 3.8) is 0 Å². The van der Waals surface area contributed by atoms with E-state index in [1.54, 1.807) is 18.2 Å². The fraction of sp³-hybridized carbons (Fsp3) is 0.176. The van der Waals surface area contributed by atoms with E-state index in [4.69, 9.17) is 9.47 Å². The molecule has 1 aliphatic heterocycles. The summed E-state index contributed by atoms with van der Waals surface area (Å²) in [5, 5.41) is 2.67. The number of ketones is 1. The highest BCUT2D eigenvalue weighted by Gasteiger charge is 2.31. The highest BCUT2D eigenvalue weighted by molar-refractivity contribution is 6.11. The molecule has 0 aromatic heterocycles. The van der Waals surface area contributed by atoms with Gasteiger partial charge in [0.15, 0.2) is 5.78 Å². The summed E-state index contributed by atoms with van der Waals surface area (Å²) in [7, 11) is 0. The van der Waals surface area contributed by atoms with Gasteiger partial charge in [0.05, 0.1) is 5.69 Å². The molecular weight excluding hydrogens is 282 g/mol. The number of amides is 1. The van der Waals surface area contributed by atoms with Crippen LogP contribution in [0.5, 0.6) is 11.5 Å². The first-order chi connectivity index (χ1) is 10.6. The van der Waals surface area contributed by atoms with Crippen molar-refractivity contribution in [2.24, 2.45) is 0 Å². The number of carbonyl (C=O) groups excluding carboxylic acids is 2. The first-order valence-corrected chi connectivity index (χ1v) is 6.92. The third-order valence-corrected chi connectivity index (χ3v) is 3.31. The lowest BCUT2D eigenvalue weighted by atomic mass is 10.1. The Balaban J connectivity index is 1.73. The number of benzene rings is 2. The average Bonchev–Trinajstić information content (AvgIpc) is 2.52. The molecule has 0 spiro atoms. The van der Waals surface area contributed by atoms with Crippen LogP contribution in [0.1, 0.15) is 12.5 Å². The second kappa shape index (κ2) is 5.89. The first-order valence-electron chi connectivity index (χ1n) is 6.92. The summed E-state index contributed by atoms with van der Waals surface area (Å²) in [4.78, 5) is 23.1. The van der Waals surface area contributed by atoms with Gasteiger partial charge in [-0.05, 0) is 24.6 Å². The van der Waals surface area contributed by atoms with Crippen LogP contribution in [0.3, 0.4) is 0 Å². The van der Waals surface area contributed by atoms with Gasteiger partial charge in [-0.15, -0.1) is 0 Å². The summed E-state index contributed by atoms with van der Waals surface area (Å²) < 4.78 is 11.1. The van der Waals surface area contributed by atoms with E-state index in [9.17, 15) is 9.59 Å². The number of fused-ring (bicyclic) bond motifs is 1. The molecule has 22 heavy (non-hydrogen) atoms. The summed E-state index contributed by atoms with van der Waals surface area (Å²) in [5.41, 5.74) is 1.56. The SMILES string of the molecule is CC(=O)C1Oc2ccc(OCc3ccccc3)cc2NC1=O. The molecule has 1 atom stereocenters. The summed E-state index contributed by atoms with van der Waals surface area (Å²) >= 11 is 0. The first kappa shape index (κ1) is 14.1. The molecule has 1 amide bonds. The Bertz CT molecular complexity index is 712. The fourth-order valence-corrected chi connectivity index (χ4v) is 2.19. The van der Waals surface area contributed by atoms with Gasteiger partial charge in [-0.3, -0.25) is 9.59 Å². The molecule has 1 unspecified atom stereocenters. The molecule has 112 valence electrons. The van der Waals surface area contributed by atoms with Gasteiger partial charge in [0, 0.05) is 6.07 Å². The molecule has 5 nitrogen and oxygen atoms in total. The van der Waals surface area contributed by atoms with E-state index in [2.05, 4.69) is 5.32 Å². The Hall–Kier alpha value is -2.82. The Kier molecular flexibility index (Phi) is 3.78. The molecule has 5 heteroatoms. The Morgan fingerprint density at radius 1 is 1.23 bits per heavy atom. The van der Waals surface area contributed by atoms with Crippen LogP contribution in [-0.2, 0) is 16.2 Å². The van der Waals surface area contributed by atoms with Crippen LogP contribution in [0.2, 0.25) is 0 Å². The van der Waals surface area contributed by atoms with Crippen molar-refractivity contribution in [2.45, 2.75) is 19.6 Å². The summed E-state index contributed by atoms with van der Waals surface area (Å²) in [6, 6.07) is 14.9. The van der Waals surface area contributed by atoms with Gasteiger partial charge in [-0.1, -0.05) is 30.3 Å². The van der Waals surface area contributed by atoms with Crippen molar-refractivity contribution in [3.8, 4) is 11.5 Å². The number of nitrogens with one attached hydrogen (secondary N) is 1. The third-order valence-electron chi connectivity index (χ3n) is 3.31. The lowest BCUT2D eigenvalue weighted by molar-refractivity contribution is -0.134. The predicted molar refractivity (Wildman–Crippen MR) is 80.9 cm³/mol. The van der Waals surface area contributed by atoms with E-state index in [-0.39, 0.29) is 5.78 Å². The maximum absolute atomic E-state index is 11.8. The van der Waals surface area contributed by atoms with Crippen LogP contribution in [-0.4, -0.2) is 17.8 Å². The van der Waals surface area contributed by atoms with E-state index in [0.29, 0.717) is 23.8 Å². The van der Waals surface area contributed by atoms with Gasteiger partial charge in [0.1, 0.15) is 18.1 Å². The topological polar surface area (TPSA) is 64.6 Å². The summed E-state index contributed by atoms with van der Waals surface area (Å²) in [5.74, 6) is 0.299. The molecule has 0 saturated carbocycles. The Labute approximate surface area is 127 Å². The fourth-order valence-electron chi connectivity index (χ4n) is 2.19. The number of rotatable bonds is 4. The van der Waals surface area contributed by atoms with E-state index < -0.39 is 12.0 Å². The zero-order valence-corrected chi connectivity index (χ0v) is 12.0. The van der Waals surface area contributed by atoms with Crippen molar-refractivity contribution in [1.82, 2.24) is 0 Å². The molecule has 0 radical (unpaired) electrons. The monoisotopic (exact) mass is 297 g/mol. The standard InChI is InChI=1S/C17H15NO4/c1-11(19)16-17(20)18-14-9-13(7-8-15(14)22-16)21-10-12-5-3-2-4-6-12/h2-9,16H,10H2,1H3,(H,18,20). The van der Waals surface area contributed by atoms with Gasteiger partial charge >= 0.3 is 0 Å². The molecule has 1 aliphatic rings. The average molecular weight is 297 g/mol. The molecule has 3 rings (SSSR count). The minimum Gasteiger partial charge on any atom is -0.489 e. The van der Waals surface area contributed by atoms with Crippen LogP contribution >= 0.6 is 0 Å². The summed E-state index contributed by atoms with van der Waals surface area (Å²) in [6.07, 6.45) is -1.08. The highest BCUT2D eigenvalue weighted by Crippen LogP contribution is 2.33. The molecule has 0 fully saturated rings. The maximum atomic E-state index is 11.8. The van der Waals surface area contributed by atoms with E-state index >= 15 is 0 Å². The smallest absolute Gasteiger partial charge is 0.273 e. The van der Waals surface area contributed by atoms with E-state index in [0.717, 1.165) is 5.56 Å². The van der Waals surface area contributed by atoms with E-state index in [1.165, 1.54) is 6.92 Å². The number of hydrogen-bond acceptors (Lipinski definition) is 4. The molecule has 2 aromatic rings. The van der Waals surface area contributed by atoms with E-state index in [1.807, 2.05) is 30.3 Å². The lowest BCUT2D eigenvalue weighted by Crippen LogP contribution is -2.41. The normalized spacial score (nSPS) is 16.2. The van der Waals surface area contributed by atoms with Crippen LogP contribution in [0.25, 0.3) is 0 Å². The van der Waals surface area contributed by atoms with Gasteiger partial charge in [0.25, 0.3) is 5.91 Å². The zero-order valence-electron chi connectivity index (χ0n) is 12.0. The number of carbonyl (C=O) groups is 2. The minimum absolute atomic E-state index is 0.326. The number of ether oxygens (including phenoxy) is 2. The van der Waals surface area contributed by atoms with Crippen LogP contribution < -0.4 is 14.8 Å². The molecule has 2 aromatic carbocycles. The maximum Gasteiger partial charge on any atom is 0.273 e. The zero-order chi connectivity index (χ0) is 15.5. The molecule has 1 heterocycles. The van der Waals surface area contributed by atoms with Gasteiger partial charge in [-0.2, -0.15) is 0 Å². The number of Topliss-reactive ketones (excluding diaryl/α,β-unsaturated/α-hetero) is 1. The number of hydrogen-bond donors (Lipinski definition) is 1. The summed E-state index contributed by atoms with van der Waals surface area (Å²) in [6.45, 7) is 1.76. The second-order valence-electron chi connectivity index (χ2n) is 5.03. The molecular formula is C17H15NO4. The van der Waals surface area contributed by atoms with Gasteiger partial charge < -0.3 is 14.8 Å². The van der Waals surface area contributed by atoms with Gasteiger partial charge in [-0.25, -0.2) is 0 Å². The van der Waals surface area contributed by atoms with Crippen molar-refractivity contribution < 1.29 is 19.1 Å². The van der Waals surface area contributed by atoms with Crippen molar-refractivity contribution in [1.29, 1.82) is 0 Å². The van der Waals surface area contributed by atoms with Crippen molar-refractivity contribution in [3.05, 3.63) is 54.1 Å². The second-order valence-corrected chi connectivity index (χ2v) is 5.03. The van der Waals surface area contributed by atoms with Crippen molar-refractivity contribution in [2.75, 3.05) is 5.32 Å². The van der Waals surface area contributed by atoms with Crippen LogP contribution in [0, 0.1) is 0 Å². The quantitative estimate of drug-likeness (QED) is 0.881. The molecule has 0 aliphatic carbocycles. The molecule has 1 N–H and O–H groups in total. The Morgan fingerprint density at radius 2 is 2.00 bits per heavy atom. The minimum atomic E-state index is -1.08. The lowest BCUT2D eigenvalue weighted by Gasteiger charge is -2.24. The molecule has 0 bridgehead atoms. The number of anilines is 1. The highest BCUT2D eigenvalue weighted by atomic mass is 16.5. The van der Waals surface area contributed by atoms with Crippen molar-refractivity contribution >= 4 is 17.4 Å². The molecule has 0 saturated heterocycles.